The van der Waals surface area contributed by atoms with Crippen molar-refractivity contribution in [1.82, 2.24) is 19.3 Å². The van der Waals surface area contributed by atoms with Crippen LogP contribution in [0.15, 0.2) is 97.7 Å². The third-order valence-electron chi connectivity index (χ3n) is 5.00. The monoisotopic (exact) mass is 473 g/mol. The van der Waals surface area contributed by atoms with Gasteiger partial charge in [-0.3, -0.25) is 13.8 Å². The van der Waals surface area contributed by atoms with Crippen molar-refractivity contribution >= 4 is 21.7 Å². The average molecular weight is 474 g/mol. The quantitative estimate of drug-likeness (QED) is 0.404. The lowest BCUT2D eigenvalue weighted by atomic mass is 10.0. The van der Waals surface area contributed by atoms with Gasteiger partial charge in [-0.2, -0.15) is 0 Å². The Labute approximate surface area is 198 Å². The number of carbonyl (C=O) groups is 1. The summed E-state index contributed by atoms with van der Waals surface area (Å²) < 4.78 is 24.1. The molecule has 0 fully saturated rings. The number of nitrogens with one attached hydrogen (secondary N) is 2. The molecule has 0 aliphatic carbocycles. The first kappa shape index (κ1) is 22.9. The van der Waals surface area contributed by atoms with Gasteiger partial charge in [-0.15, -0.1) is 0 Å². The van der Waals surface area contributed by atoms with Gasteiger partial charge in [0, 0.05) is 36.0 Å². The first-order valence-corrected chi connectivity index (χ1v) is 12.2. The molecule has 0 radical (unpaired) electrons. The fourth-order valence-electron chi connectivity index (χ4n) is 3.30. The molecule has 0 saturated carbocycles. The Morgan fingerprint density at radius 1 is 1.00 bits per heavy atom. The van der Waals surface area contributed by atoms with Crippen LogP contribution in [0, 0.1) is 0 Å². The van der Waals surface area contributed by atoms with Crippen molar-refractivity contribution in [3.8, 4) is 22.4 Å². The van der Waals surface area contributed by atoms with Gasteiger partial charge in [0.05, 0.1) is 24.1 Å². The van der Waals surface area contributed by atoms with E-state index in [4.69, 9.17) is 0 Å². The Balaban J connectivity index is 1.40. The largest absolute Gasteiger partial charge is 0.346 e. The predicted molar refractivity (Wildman–Crippen MR) is 133 cm³/mol. The molecular weight excluding hydrogens is 450 g/mol. The summed E-state index contributed by atoms with van der Waals surface area (Å²) in [7, 11) is -3.44. The highest BCUT2D eigenvalue weighted by Crippen LogP contribution is 2.25. The third-order valence-corrected chi connectivity index (χ3v) is 5.99. The minimum atomic E-state index is -3.44. The summed E-state index contributed by atoms with van der Waals surface area (Å²) in [6, 6.07) is 19.1. The Bertz CT molecular complexity index is 1450. The molecule has 0 spiro atoms. The van der Waals surface area contributed by atoms with Gasteiger partial charge < -0.3 is 10.6 Å². The number of anilines is 1. The molecular formula is C25H23N5O3S. The van der Waals surface area contributed by atoms with E-state index in [1.54, 1.807) is 12.4 Å². The molecule has 3 aromatic heterocycles. The SMILES string of the molecule is C=C(CNC(=O)c1ccn(S(C)(=O)=O)c1)Nc1cccc(-c2cccc(-c3ccncc3)c2)n1. The first-order chi connectivity index (χ1) is 16.3. The number of carbonyl (C=O) groups excluding carboxylic acids is 1. The lowest BCUT2D eigenvalue weighted by Crippen LogP contribution is -2.27. The van der Waals surface area contributed by atoms with Crippen LogP contribution >= 0.6 is 0 Å². The van der Waals surface area contributed by atoms with Crippen molar-refractivity contribution in [1.29, 1.82) is 0 Å². The van der Waals surface area contributed by atoms with E-state index in [1.165, 1.54) is 18.5 Å². The smallest absolute Gasteiger partial charge is 0.253 e. The highest BCUT2D eigenvalue weighted by Gasteiger charge is 2.12. The van der Waals surface area contributed by atoms with Gasteiger partial charge >= 0.3 is 0 Å². The second-order valence-electron chi connectivity index (χ2n) is 7.63. The zero-order chi connectivity index (χ0) is 24.1. The van der Waals surface area contributed by atoms with Crippen molar-refractivity contribution in [3.63, 3.8) is 0 Å². The molecule has 2 N–H and O–H groups in total. The van der Waals surface area contributed by atoms with Crippen LogP contribution in [-0.4, -0.2) is 41.1 Å². The lowest BCUT2D eigenvalue weighted by molar-refractivity contribution is 0.0957. The minimum Gasteiger partial charge on any atom is -0.346 e. The zero-order valence-corrected chi connectivity index (χ0v) is 19.3. The molecule has 172 valence electrons. The zero-order valence-electron chi connectivity index (χ0n) is 18.5. The van der Waals surface area contributed by atoms with E-state index in [9.17, 15) is 13.2 Å². The normalized spacial score (nSPS) is 11.1. The molecule has 0 atom stereocenters. The maximum atomic E-state index is 12.3. The number of benzene rings is 1. The van der Waals surface area contributed by atoms with Gasteiger partial charge in [0.1, 0.15) is 5.82 Å². The van der Waals surface area contributed by atoms with Crippen molar-refractivity contribution in [2.75, 3.05) is 18.1 Å². The standard InChI is InChI=1S/C25H23N5O3S/c1-18(16-27-25(31)22-11-14-30(17-22)34(2,32)33)28-24-8-4-7-23(29-24)21-6-3-5-20(15-21)19-9-12-26-13-10-19/h3-15,17H,1,16H2,2H3,(H,27,31)(H,28,29). The maximum Gasteiger partial charge on any atom is 0.253 e. The van der Waals surface area contributed by atoms with Crippen LogP contribution < -0.4 is 10.6 Å². The fraction of sp³-hybridized carbons (Fsp3) is 0.0800. The van der Waals surface area contributed by atoms with E-state index in [2.05, 4.69) is 33.2 Å². The summed E-state index contributed by atoms with van der Waals surface area (Å²) in [5, 5.41) is 5.82. The summed E-state index contributed by atoms with van der Waals surface area (Å²) in [5.41, 5.74) is 4.67. The molecule has 1 amide bonds. The number of pyridine rings is 2. The van der Waals surface area contributed by atoms with Gasteiger partial charge in [0.25, 0.3) is 5.91 Å². The van der Waals surface area contributed by atoms with Crippen molar-refractivity contribution in [3.05, 3.63) is 103 Å². The molecule has 3 heterocycles. The number of aromatic nitrogens is 3. The molecule has 8 nitrogen and oxygen atoms in total. The van der Waals surface area contributed by atoms with E-state index in [1.807, 2.05) is 48.5 Å². The minimum absolute atomic E-state index is 0.145. The summed E-state index contributed by atoms with van der Waals surface area (Å²) >= 11 is 0. The molecule has 1 aromatic carbocycles. The first-order valence-electron chi connectivity index (χ1n) is 10.4. The van der Waals surface area contributed by atoms with Crippen LogP contribution in [0.4, 0.5) is 5.82 Å². The number of hydrogen-bond acceptors (Lipinski definition) is 6. The van der Waals surface area contributed by atoms with Crippen molar-refractivity contribution < 1.29 is 13.2 Å². The molecule has 0 bridgehead atoms. The van der Waals surface area contributed by atoms with Gasteiger partial charge in [-0.1, -0.05) is 30.8 Å². The van der Waals surface area contributed by atoms with Gasteiger partial charge in [-0.05, 0) is 47.5 Å². The van der Waals surface area contributed by atoms with Crippen LogP contribution in [0.1, 0.15) is 10.4 Å². The third kappa shape index (κ3) is 5.57. The molecule has 0 aliphatic rings. The van der Waals surface area contributed by atoms with Gasteiger partial charge in [0.15, 0.2) is 0 Å². The molecule has 0 saturated heterocycles. The summed E-state index contributed by atoms with van der Waals surface area (Å²) in [6.07, 6.45) is 7.19. The van der Waals surface area contributed by atoms with Crippen LogP contribution in [0.5, 0.6) is 0 Å². The molecule has 9 heteroatoms. The van der Waals surface area contributed by atoms with E-state index in [-0.39, 0.29) is 12.1 Å². The number of hydrogen-bond donors (Lipinski definition) is 2. The number of amides is 1. The van der Waals surface area contributed by atoms with Gasteiger partial charge in [0.2, 0.25) is 10.0 Å². The summed E-state index contributed by atoms with van der Waals surface area (Å²) in [6.45, 7) is 4.09. The van der Waals surface area contributed by atoms with Crippen molar-refractivity contribution in [2.45, 2.75) is 0 Å². The van der Waals surface area contributed by atoms with E-state index < -0.39 is 15.9 Å². The van der Waals surface area contributed by atoms with Crippen LogP contribution in [0.2, 0.25) is 0 Å². The highest BCUT2D eigenvalue weighted by atomic mass is 32.2. The second-order valence-corrected chi connectivity index (χ2v) is 9.52. The van der Waals surface area contributed by atoms with Crippen LogP contribution in [0.25, 0.3) is 22.4 Å². The maximum absolute atomic E-state index is 12.3. The molecule has 34 heavy (non-hydrogen) atoms. The summed E-state index contributed by atoms with van der Waals surface area (Å²) in [4.78, 5) is 21.1. The summed E-state index contributed by atoms with van der Waals surface area (Å²) in [5.74, 6) is 0.189. The average Bonchev–Trinajstić information content (AvgIpc) is 3.35. The Hall–Kier alpha value is -4.24. The van der Waals surface area contributed by atoms with Crippen molar-refractivity contribution in [2.24, 2.45) is 0 Å². The van der Waals surface area contributed by atoms with Gasteiger partial charge in [-0.25, -0.2) is 13.4 Å². The molecule has 4 rings (SSSR count). The lowest BCUT2D eigenvalue weighted by Gasteiger charge is -2.11. The number of rotatable bonds is 8. The van der Waals surface area contributed by atoms with E-state index in [0.717, 1.165) is 32.6 Å². The number of nitrogens with zero attached hydrogens (tertiary/aromatic N) is 3. The molecule has 4 aromatic rings. The van der Waals surface area contributed by atoms with Crippen LogP contribution in [-0.2, 0) is 10.0 Å². The molecule has 0 aliphatic heterocycles. The van der Waals surface area contributed by atoms with Crippen LogP contribution in [0.3, 0.4) is 0 Å². The van der Waals surface area contributed by atoms with E-state index in [0.29, 0.717) is 11.5 Å². The highest BCUT2D eigenvalue weighted by molar-refractivity contribution is 7.89. The molecule has 0 unspecified atom stereocenters. The fourth-order valence-corrected chi connectivity index (χ4v) is 3.89. The Morgan fingerprint density at radius 2 is 1.74 bits per heavy atom. The Morgan fingerprint density at radius 3 is 2.47 bits per heavy atom. The second kappa shape index (κ2) is 9.72. The topological polar surface area (TPSA) is 106 Å². The predicted octanol–water partition coefficient (Wildman–Crippen LogP) is 3.78. The Kier molecular flexibility index (Phi) is 6.55. The van der Waals surface area contributed by atoms with E-state index >= 15 is 0 Å².